The third-order valence-electron chi connectivity index (χ3n) is 4.46. The second-order valence-corrected chi connectivity index (χ2v) is 5.97. The maximum atomic E-state index is 4.98. The molecule has 116 valence electrons. The Labute approximate surface area is 136 Å². The van der Waals surface area contributed by atoms with Gasteiger partial charge in [-0.25, -0.2) is 4.98 Å². The van der Waals surface area contributed by atoms with Crippen LogP contribution in [0.1, 0.15) is 24.6 Å². The van der Waals surface area contributed by atoms with E-state index >= 15 is 0 Å². The van der Waals surface area contributed by atoms with Gasteiger partial charge in [0.1, 0.15) is 5.82 Å². The number of pyridine rings is 1. The SMILES string of the molecule is c1ccc(-c2nc(C3CCNCC3)[nH]c2-c2ccncc2)cc1. The molecule has 0 unspecified atom stereocenters. The summed E-state index contributed by atoms with van der Waals surface area (Å²) in [6.45, 7) is 2.13. The lowest BCUT2D eigenvalue weighted by Gasteiger charge is -2.20. The molecular weight excluding hydrogens is 284 g/mol. The Morgan fingerprint density at radius 3 is 2.35 bits per heavy atom. The molecule has 2 N–H and O–H groups in total. The van der Waals surface area contributed by atoms with Crippen LogP contribution in [0.5, 0.6) is 0 Å². The molecule has 0 atom stereocenters. The number of nitrogens with one attached hydrogen (secondary N) is 2. The molecule has 1 fully saturated rings. The summed E-state index contributed by atoms with van der Waals surface area (Å²) in [4.78, 5) is 12.7. The minimum absolute atomic E-state index is 0.509. The van der Waals surface area contributed by atoms with Gasteiger partial charge < -0.3 is 10.3 Å². The van der Waals surface area contributed by atoms with Gasteiger partial charge in [-0.05, 0) is 38.1 Å². The summed E-state index contributed by atoms with van der Waals surface area (Å²) < 4.78 is 0. The van der Waals surface area contributed by atoms with Gasteiger partial charge in [-0.15, -0.1) is 0 Å². The Balaban J connectivity index is 1.81. The number of hydrogen-bond donors (Lipinski definition) is 2. The zero-order valence-corrected chi connectivity index (χ0v) is 13.0. The van der Waals surface area contributed by atoms with Crippen molar-refractivity contribution in [2.24, 2.45) is 0 Å². The number of rotatable bonds is 3. The number of H-pyrrole nitrogens is 1. The molecule has 4 rings (SSSR count). The second kappa shape index (κ2) is 6.34. The molecule has 0 amide bonds. The third kappa shape index (κ3) is 2.90. The fourth-order valence-electron chi connectivity index (χ4n) is 3.21. The van der Waals surface area contributed by atoms with Crippen molar-refractivity contribution in [1.82, 2.24) is 20.3 Å². The van der Waals surface area contributed by atoms with Crippen LogP contribution in [0.4, 0.5) is 0 Å². The lowest BCUT2D eigenvalue weighted by molar-refractivity contribution is 0.447. The van der Waals surface area contributed by atoms with Gasteiger partial charge in [-0.1, -0.05) is 30.3 Å². The highest BCUT2D eigenvalue weighted by atomic mass is 15.0. The van der Waals surface area contributed by atoms with Crippen molar-refractivity contribution in [3.05, 3.63) is 60.7 Å². The number of nitrogens with zero attached hydrogens (tertiary/aromatic N) is 2. The van der Waals surface area contributed by atoms with Crippen molar-refractivity contribution in [3.8, 4) is 22.5 Å². The van der Waals surface area contributed by atoms with E-state index in [9.17, 15) is 0 Å². The highest BCUT2D eigenvalue weighted by Gasteiger charge is 2.21. The predicted molar refractivity (Wildman–Crippen MR) is 92.1 cm³/mol. The Bertz CT molecular complexity index is 702. The standard InChI is InChI=1S/C19H20N4/c1-2-4-14(5-3-1)17-18(15-6-10-20-11-7-15)23-19(22-17)16-8-12-21-13-9-16/h1-7,10-11,16,21H,8-9,12-13H2,(H,22,23). The molecule has 0 radical (unpaired) electrons. The summed E-state index contributed by atoms with van der Waals surface area (Å²) in [6.07, 6.45) is 5.93. The van der Waals surface area contributed by atoms with E-state index in [0.29, 0.717) is 5.92 Å². The molecule has 2 aromatic heterocycles. The van der Waals surface area contributed by atoms with Crippen molar-refractivity contribution >= 4 is 0 Å². The van der Waals surface area contributed by atoms with Crippen LogP contribution < -0.4 is 5.32 Å². The van der Waals surface area contributed by atoms with Gasteiger partial charge in [0.15, 0.2) is 0 Å². The van der Waals surface area contributed by atoms with E-state index in [1.807, 2.05) is 30.6 Å². The molecule has 0 bridgehead atoms. The van der Waals surface area contributed by atoms with Gasteiger partial charge >= 0.3 is 0 Å². The molecule has 0 aliphatic carbocycles. The maximum Gasteiger partial charge on any atom is 0.110 e. The Kier molecular flexibility index (Phi) is 3.90. The fourth-order valence-corrected chi connectivity index (χ4v) is 3.21. The van der Waals surface area contributed by atoms with Crippen LogP contribution in [0, 0.1) is 0 Å². The van der Waals surface area contributed by atoms with Crippen LogP contribution in [-0.2, 0) is 0 Å². The van der Waals surface area contributed by atoms with Gasteiger partial charge in [0, 0.05) is 29.4 Å². The van der Waals surface area contributed by atoms with Gasteiger partial charge in [0.25, 0.3) is 0 Å². The first-order valence-corrected chi connectivity index (χ1v) is 8.18. The van der Waals surface area contributed by atoms with Crippen LogP contribution in [0.3, 0.4) is 0 Å². The van der Waals surface area contributed by atoms with Crippen LogP contribution in [-0.4, -0.2) is 28.0 Å². The number of aromatic amines is 1. The molecule has 4 heteroatoms. The number of aromatic nitrogens is 3. The molecule has 1 saturated heterocycles. The minimum atomic E-state index is 0.509. The highest BCUT2D eigenvalue weighted by molar-refractivity contribution is 5.78. The van der Waals surface area contributed by atoms with Crippen molar-refractivity contribution in [3.63, 3.8) is 0 Å². The molecule has 4 nitrogen and oxygen atoms in total. The average molecular weight is 304 g/mol. The quantitative estimate of drug-likeness (QED) is 0.777. The Morgan fingerprint density at radius 1 is 0.870 bits per heavy atom. The van der Waals surface area contributed by atoms with Gasteiger partial charge in [-0.2, -0.15) is 0 Å². The topological polar surface area (TPSA) is 53.6 Å². The maximum absolute atomic E-state index is 4.98. The van der Waals surface area contributed by atoms with E-state index < -0.39 is 0 Å². The molecular formula is C19H20N4. The molecule has 0 saturated carbocycles. The van der Waals surface area contributed by atoms with Crippen LogP contribution in [0.15, 0.2) is 54.9 Å². The predicted octanol–water partition coefficient (Wildman–Crippen LogP) is 3.61. The van der Waals surface area contributed by atoms with Gasteiger partial charge in [0.2, 0.25) is 0 Å². The van der Waals surface area contributed by atoms with Crippen LogP contribution in [0.2, 0.25) is 0 Å². The second-order valence-electron chi connectivity index (χ2n) is 5.97. The van der Waals surface area contributed by atoms with Crippen LogP contribution in [0.25, 0.3) is 22.5 Å². The minimum Gasteiger partial charge on any atom is -0.341 e. The van der Waals surface area contributed by atoms with Gasteiger partial charge in [0.05, 0.1) is 11.4 Å². The number of benzene rings is 1. The number of imidazole rings is 1. The van der Waals surface area contributed by atoms with Crippen molar-refractivity contribution in [2.45, 2.75) is 18.8 Å². The average Bonchev–Trinajstić information content (AvgIpc) is 3.09. The van der Waals surface area contributed by atoms with Crippen molar-refractivity contribution < 1.29 is 0 Å². The van der Waals surface area contributed by atoms with E-state index in [0.717, 1.165) is 54.3 Å². The third-order valence-corrected chi connectivity index (χ3v) is 4.46. The first-order chi connectivity index (χ1) is 11.4. The largest absolute Gasteiger partial charge is 0.341 e. The molecule has 1 aliphatic heterocycles. The molecule has 3 aromatic rings. The first-order valence-electron chi connectivity index (χ1n) is 8.18. The Morgan fingerprint density at radius 2 is 1.61 bits per heavy atom. The summed E-state index contributed by atoms with van der Waals surface area (Å²) >= 11 is 0. The summed E-state index contributed by atoms with van der Waals surface area (Å²) in [7, 11) is 0. The van der Waals surface area contributed by atoms with E-state index in [-0.39, 0.29) is 0 Å². The molecule has 3 heterocycles. The van der Waals surface area contributed by atoms with Crippen molar-refractivity contribution in [2.75, 3.05) is 13.1 Å². The zero-order chi connectivity index (χ0) is 15.5. The van der Waals surface area contributed by atoms with Crippen LogP contribution >= 0.6 is 0 Å². The van der Waals surface area contributed by atoms with E-state index in [4.69, 9.17) is 4.98 Å². The monoisotopic (exact) mass is 304 g/mol. The van der Waals surface area contributed by atoms with Crippen molar-refractivity contribution in [1.29, 1.82) is 0 Å². The molecule has 1 aliphatic rings. The Hall–Kier alpha value is -2.46. The van der Waals surface area contributed by atoms with E-state index in [2.05, 4.69) is 39.6 Å². The molecule has 0 spiro atoms. The van der Waals surface area contributed by atoms with E-state index in [1.54, 1.807) is 0 Å². The van der Waals surface area contributed by atoms with Gasteiger partial charge in [-0.3, -0.25) is 4.98 Å². The summed E-state index contributed by atoms with van der Waals surface area (Å²) in [5.74, 6) is 1.62. The summed E-state index contributed by atoms with van der Waals surface area (Å²) in [6, 6.07) is 14.5. The number of piperidine rings is 1. The fraction of sp³-hybridized carbons (Fsp3) is 0.263. The summed E-state index contributed by atoms with van der Waals surface area (Å²) in [5.41, 5.74) is 4.40. The molecule has 1 aromatic carbocycles. The smallest absolute Gasteiger partial charge is 0.110 e. The lowest BCUT2D eigenvalue weighted by Crippen LogP contribution is -2.27. The summed E-state index contributed by atoms with van der Waals surface area (Å²) in [5, 5.41) is 3.42. The molecule has 23 heavy (non-hydrogen) atoms. The first kappa shape index (κ1) is 14.2. The normalized spacial score (nSPS) is 15.7. The van der Waals surface area contributed by atoms with E-state index in [1.165, 1.54) is 0 Å². The number of hydrogen-bond acceptors (Lipinski definition) is 3. The zero-order valence-electron chi connectivity index (χ0n) is 13.0. The highest BCUT2D eigenvalue weighted by Crippen LogP contribution is 2.33. The lowest BCUT2D eigenvalue weighted by atomic mass is 9.98.